The van der Waals surface area contributed by atoms with Crippen molar-refractivity contribution in [2.24, 2.45) is 11.1 Å². The van der Waals surface area contributed by atoms with Gasteiger partial charge in [-0.3, -0.25) is 14.9 Å². The number of hydrogen-bond donors (Lipinski definition) is 2. The zero-order chi connectivity index (χ0) is 16.0. The molecule has 0 aliphatic heterocycles. The van der Waals surface area contributed by atoms with E-state index < -0.39 is 4.92 Å². The van der Waals surface area contributed by atoms with Crippen LogP contribution in [0, 0.1) is 15.5 Å². The van der Waals surface area contributed by atoms with Crippen molar-refractivity contribution in [1.29, 1.82) is 0 Å². The highest BCUT2D eigenvalue weighted by Crippen LogP contribution is 2.21. The van der Waals surface area contributed by atoms with E-state index in [1.165, 1.54) is 12.1 Å². The number of carbonyl (C=O) groups is 1. The van der Waals surface area contributed by atoms with Crippen LogP contribution in [-0.2, 0) is 11.3 Å². The molecule has 1 amide bonds. The molecule has 0 fully saturated rings. The van der Waals surface area contributed by atoms with E-state index in [1.54, 1.807) is 12.1 Å². The molecule has 0 aliphatic carbocycles. The summed E-state index contributed by atoms with van der Waals surface area (Å²) in [6.07, 6.45) is 1.02. The number of hydrogen-bond acceptors (Lipinski definition) is 4. The number of benzene rings is 1. The van der Waals surface area contributed by atoms with Crippen LogP contribution in [0.5, 0.6) is 0 Å². The molecule has 0 aromatic heterocycles. The van der Waals surface area contributed by atoms with Gasteiger partial charge in [0.05, 0.1) is 4.92 Å². The second-order valence-electron chi connectivity index (χ2n) is 6.43. The molecule has 3 N–H and O–H groups in total. The zero-order valence-corrected chi connectivity index (χ0v) is 12.8. The topological polar surface area (TPSA) is 98.3 Å². The van der Waals surface area contributed by atoms with Gasteiger partial charge in [-0.05, 0) is 17.4 Å². The van der Waals surface area contributed by atoms with Gasteiger partial charge in [0.15, 0.2) is 0 Å². The number of carbonyl (C=O) groups excluding carboxylic acids is 1. The summed E-state index contributed by atoms with van der Waals surface area (Å²) < 4.78 is 0. The Morgan fingerprint density at radius 2 is 2.10 bits per heavy atom. The van der Waals surface area contributed by atoms with E-state index in [1.807, 2.05) is 0 Å². The van der Waals surface area contributed by atoms with Crippen molar-refractivity contribution < 1.29 is 9.72 Å². The van der Waals surface area contributed by atoms with Gasteiger partial charge in [-0.2, -0.15) is 0 Å². The lowest BCUT2D eigenvalue weighted by Gasteiger charge is -2.22. The second-order valence-corrected chi connectivity index (χ2v) is 6.43. The number of nitrogens with two attached hydrogens (primary N) is 1. The number of nitrogens with zero attached hydrogens (tertiary/aromatic N) is 1. The van der Waals surface area contributed by atoms with Crippen LogP contribution < -0.4 is 11.1 Å². The van der Waals surface area contributed by atoms with Gasteiger partial charge in [0.2, 0.25) is 5.91 Å². The van der Waals surface area contributed by atoms with Crippen molar-refractivity contribution in [1.82, 2.24) is 5.32 Å². The molecule has 1 atom stereocenters. The molecule has 0 aliphatic rings. The Balaban J connectivity index is 2.46. The van der Waals surface area contributed by atoms with Crippen LogP contribution in [0.1, 0.15) is 39.2 Å². The summed E-state index contributed by atoms with van der Waals surface area (Å²) in [4.78, 5) is 22.0. The van der Waals surface area contributed by atoms with Crippen molar-refractivity contribution in [3.8, 4) is 0 Å². The normalized spacial score (nSPS) is 12.8. The molecule has 0 radical (unpaired) electrons. The van der Waals surface area contributed by atoms with E-state index >= 15 is 0 Å². The van der Waals surface area contributed by atoms with E-state index in [-0.39, 0.29) is 36.0 Å². The Morgan fingerprint density at radius 1 is 1.43 bits per heavy atom. The van der Waals surface area contributed by atoms with Gasteiger partial charge in [0.25, 0.3) is 5.69 Å². The van der Waals surface area contributed by atoms with Gasteiger partial charge in [0, 0.05) is 31.1 Å². The average molecular weight is 293 g/mol. The highest BCUT2D eigenvalue weighted by atomic mass is 16.6. The van der Waals surface area contributed by atoms with Crippen LogP contribution >= 0.6 is 0 Å². The van der Waals surface area contributed by atoms with Crippen LogP contribution in [-0.4, -0.2) is 16.9 Å². The van der Waals surface area contributed by atoms with Crippen LogP contribution in [0.2, 0.25) is 0 Å². The highest BCUT2D eigenvalue weighted by Gasteiger charge is 2.18. The molecule has 21 heavy (non-hydrogen) atoms. The molecular formula is C15H23N3O3. The van der Waals surface area contributed by atoms with Crippen LogP contribution in [0.3, 0.4) is 0 Å². The fourth-order valence-electron chi connectivity index (χ4n) is 2.15. The standard InChI is InChI=1S/C15H23N3O3/c1-15(2,3)9-12(16)8-14(19)17-10-11-5-4-6-13(7-11)18(20)21/h4-7,12H,8-10,16H2,1-3H3,(H,17,19). The van der Waals surface area contributed by atoms with Crippen molar-refractivity contribution in [2.45, 2.75) is 46.2 Å². The fourth-order valence-corrected chi connectivity index (χ4v) is 2.15. The summed E-state index contributed by atoms with van der Waals surface area (Å²) in [5, 5.41) is 13.4. The molecule has 0 saturated heterocycles. The van der Waals surface area contributed by atoms with Gasteiger partial charge in [-0.25, -0.2) is 0 Å². The average Bonchev–Trinajstić information content (AvgIpc) is 2.34. The molecular weight excluding hydrogens is 270 g/mol. The summed E-state index contributed by atoms with van der Waals surface area (Å²) in [5.74, 6) is -0.141. The SMILES string of the molecule is CC(C)(C)CC(N)CC(=O)NCc1cccc([N+](=O)[O-])c1. The third-order valence-corrected chi connectivity index (χ3v) is 2.93. The number of non-ortho nitro benzene ring substituents is 1. The van der Waals surface area contributed by atoms with Crippen molar-refractivity contribution >= 4 is 11.6 Å². The maximum Gasteiger partial charge on any atom is 0.269 e. The Hall–Kier alpha value is -1.95. The molecule has 1 aromatic rings. The Morgan fingerprint density at radius 3 is 2.67 bits per heavy atom. The molecule has 1 rings (SSSR count). The molecule has 116 valence electrons. The van der Waals surface area contributed by atoms with Crippen LogP contribution in [0.15, 0.2) is 24.3 Å². The van der Waals surface area contributed by atoms with Gasteiger partial charge in [-0.15, -0.1) is 0 Å². The Labute approximate surface area is 124 Å². The highest BCUT2D eigenvalue weighted by molar-refractivity contribution is 5.76. The fraction of sp³-hybridized carbons (Fsp3) is 0.533. The molecule has 6 heteroatoms. The maximum absolute atomic E-state index is 11.8. The third kappa shape index (κ3) is 6.85. The van der Waals surface area contributed by atoms with Gasteiger partial charge in [0.1, 0.15) is 0 Å². The predicted octanol–water partition coefficient (Wildman–Crippen LogP) is 2.36. The molecule has 1 aromatic carbocycles. The first-order valence-electron chi connectivity index (χ1n) is 6.93. The lowest BCUT2D eigenvalue weighted by molar-refractivity contribution is -0.384. The zero-order valence-electron chi connectivity index (χ0n) is 12.8. The minimum Gasteiger partial charge on any atom is -0.352 e. The van der Waals surface area contributed by atoms with E-state index in [4.69, 9.17) is 5.73 Å². The smallest absolute Gasteiger partial charge is 0.269 e. The van der Waals surface area contributed by atoms with E-state index in [0.29, 0.717) is 5.56 Å². The predicted molar refractivity (Wildman–Crippen MR) is 81.6 cm³/mol. The third-order valence-electron chi connectivity index (χ3n) is 2.93. The molecule has 0 spiro atoms. The summed E-state index contributed by atoms with van der Waals surface area (Å²) in [7, 11) is 0. The number of nitrogens with one attached hydrogen (secondary N) is 1. The van der Waals surface area contributed by atoms with Crippen LogP contribution in [0.25, 0.3) is 0 Å². The molecule has 0 saturated carbocycles. The number of amides is 1. The molecule has 0 heterocycles. The number of nitro groups is 1. The first-order valence-corrected chi connectivity index (χ1v) is 6.93. The first-order chi connectivity index (χ1) is 9.67. The maximum atomic E-state index is 11.8. The van der Waals surface area contributed by atoms with Crippen molar-refractivity contribution in [3.05, 3.63) is 39.9 Å². The van der Waals surface area contributed by atoms with Gasteiger partial charge < -0.3 is 11.1 Å². The van der Waals surface area contributed by atoms with Crippen molar-refractivity contribution in [3.63, 3.8) is 0 Å². The van der Waals surface area contributed by atoms with Crippen molar-refractivity contribution in [2.75, 3.05) is 0 Å². The number of rotatable bonds is 6. The summed E-state index contributed by atoms with van der Waals surface area (Å²) in [6.45, 7) is 6.50. The largest absolute Gasteiger partial charge is 0.352 e. The lowest BCUT2D eigenvalue weighted by Crippen LogP contribution is -2.34. The van der Waals surface area contributed by atoms with Gasteiger partial charge in [-0.1, -0.05) is 32.9 Å². The van der Waals surface area contributed by atoms with E-state index in [9.17, 15) is 14.9 Å². The summed E-state index contributed by atoms with van der Waals surface area (Å²) in [6, 6.07) is 6.03. The van der Waals surface area contributed by atoms with Crippen LogP contribution in [0.4, 0.5) is 5.69 Å². The lowest BCUT2D eigenvalue weighted by atomic mass is 9.87. The second kappa shape index (κ2) is 7.17. The summed E-state index contributed by atoms with van der Waals surface area (Å²) in [5.41, 5.74) is 6.74. The van der Waals surface area contributed by atoms with E-state index in [0.717, 1.165) is 6.42 Å². The van der Waals surface area contributed by atoms with Gasteiger partial charge >= 0.3 is 0 Å². The number of nitro benzene ring substituents is 1. The minimum absolute atomic E-state index is 0.0196. The summed E-state index contributed by atoms with van der Waals surface area (Å²) >= 11 is 0. The first kappa shape index (κ1) is 17.1. The monoisotopic (exact) mass is 293 g/mol. The minimum atomic E-state index is -0.454. The molecule has 1 unspecified atom stereocenters. The molecule has 0 bridgehead atoms. The van der Waals surface area contributed by atoms with E-state index in [2.05, 4.69) is 26.1 Å². The quantitative estimate of drug-likeness (QED) is 0.621. The Bertz CT molecular complexity index is 509. The molecule has 6 nitrogen and oxygen atoms in total. The Kier molecular flexibility index (Phi) is 5.84.